The molecule has 0 aliphatic carbocycles. The van der Waals surface area contributed by atoms with Gasteiger partial charge < -0.3 is 14.4 Å². The van der Waals surface area contributed by atoms with Crippen molar-refractivity contribution in [1.29, 1.82) is 0 Å². The van der Waals surface area contributed by atoms with Gasteiger partial charge in [0.1, 0.15) is 0 Å². The number of nitrogens with zero attached hydrogens (tertiary/aromatic N) is 3. The molecular weight excluding hydrogens is 306 g/mol. The van der Waals surface area contributed by atoms with Crippen LogP contribution in [0.4, 0.5) is 0 Å². The lowest BCUT2D eigenvalue weighted by Crippen LogP contribution is -2.34. The fourth-order valence-corrected chi connectivity index (χ4v) is 2.75. The lowest BCUT2D eigenvalue weighted by atomic mass is 10.1. The number of rotatable bonds is 5. The van der Waals surface area contributed by atoms with Gasteiger partial charge in [-0.15, -0.1) is 0 Å². The van der Waals surface area contributed by atoms with Crippen LogP contribution < -0.4 is 9.47 Å². The fourth-order valence-electron chi connectivity index (χ4n) is 2.75. The number of carbonyl (C=O) groups is 1. The van der Waals surface area contributed by atoms with Crippen LogP contribution in [0.2, 0.25) is 0 Å². The van der Waals surface area contributed by atoms with Gasteiger partial charge in [-0.1, -0.05) is 19.9 Å². The Labute approximate surface area is 142 Å². The van der Waals surface area contributed by atoms with Gasteiger partial charge in [0.2, 0.25) is 6.79 Å². The van der Waals surface area contributed by atoms with E-state index < -0.39 is 0 Å². The van der Waals surface area contributed by atoms with Gasteiger partial charge in [-0.3, -0.25) is 9.48 Å². The van der Waals surface area contributed by atoms with Gasteiger partial charge in [0.05, 0.1) is 0 Å². The first-order valence-corrected chi connectivity index (χ1v) is 8.12. The second-order valence-corrected chi connectivity index (χ2v) is 6.56. The summed E-state index contributed by atoms with van der Waals surface area (Å²) < 4.78 is 12.5. The van der Waals surface area contributed by atoms with Gasteiger partial charge in [-0.25, -0.2) is 0 Å². The van der Waals surface area contributed by atoms with Crippen molar-refractivity contribution in [3.05, 3.63) is 41.2 Å². The number of fused-ring (bicyclic) bond motifs is 1. The molecule has 0 bridgehead atoms. The van der Waals surface area contributed by atoms with E-state index in [1.165, 1.54) is 0 Å². The first-order valence-electron chi connectivity index (χ1n) is 8.12. The third-order valence-electron chi connectivity index (χ3n) is 4.02. The largest absolute Gasteiger partial charge is 0.454 e. The molecular formula is C18H23N3O3. The molecule has 1 aliphatic rings. The summed E-state index contributed by atoms with van der Waals surface area (Å²) in [5.74, 6) is 1.80. The van der Waals surface area contributed by atoms with Gasteiger partial charge in [0.15, 0.2) is 17.2 Å². The van der Waals surface area contributed by atoms with Crippen LogP contribution in [0.3, 0.4) is 0 Å². The van der Waals surface area contributed by atoms with Crippen molar-refractivity contribution in [2.24, 2.45) is 13.0 Å². The zero-order chi connectivity index (χ0) is 17.3. The van der Waals surface area contributed by atoms with Crippen molar-refractivity contribution in [2.45, 2.75) is 27.3 Å². The molecule has 1 amide bonds. The topological polar surface area (TPSA) is 56.6 Å². The smallest absolute Gasteiger partial charge is 0.274 e. The minimum atomic E-state index is -0.0509. The molecule has 1 aliphatic heterocycles. The number of aryl methyl sites for hydroxylation is 2. The van der Waals surface area contributed by atoms with Crippen molar-refractivity contribution in [2.75, 3.05) is 13.3 Å². The standard InChI is InChI=1S/C18H23N3O3/c1-12(2)9-21(18(22)15-7-13(3)20(4)19-15)10-14-5-6-16-17(8-14)24-11-23-16/h5-8,12H,9-11H2,1-4H3. The predicted octanol–water partition coefficient (Wildman–Crippen LogP) is 2.76. The lowest BCUT2D eigenvalue weighted by Gasteiger charge is -2.24. The van der Waals surface area contributed by atoms with Crippen molar-refractivity contribution in [3.8, 4) is 11.5 Å². The van der Waals surface area contributed by atoms with E-state index in [0.717, 1.165) is 22.8 Å². The Balaban J connectivity index is 1.82. The molecule has 0 fully saturated rings. The molecule has 128 valence electrons. The molecule has 3 rings (SSSR count). The summed E-state index contributed by atoms with van der Waals surface area (Å²) >= 11 is 0. The summed E-state index contributed by atoms with van der Waals surface area (Å²) in [5.41, 5.74) is 2.46. The Bertz CT molecular complexity index is 732. The van der Waals surface area contributed by atoms with E-state index in [1.807, 2.05) is 43.1 Å². The van der Waals surface area contributed by atoms with Gasteiger partial charge in [0.25, 0.3) is 5.91 Å². The fraction of sp³-hybridized carbons (Fsp3) is 0.444. The maximum absolute atomic E-state index is 12.9. The Morgan fingerprint density at radius 2 is 2.04 bits per heavy atom. The quantitative estimate of drug-likeness (QED) is 0.846. The third-order valence-corrected chi connectivity index (χ3v) is 4.02. The third kappa shape index (κ3) is 3.37. The van der Waals surface area contributed by atoms with Crippen LogP contribution in [0.25, 0.3) is 0 Å². The molecule has 1 aromatic carbocycles. The molecule has 0 unspecified atom stereocenters. The van der Waals surface area contributed by atoms with Crippen LogP contribution in [0.1, 0.15) is 35.6 Å². The zero-order valence-electron chi connectivity index (χ0n) is 14.6. The molecule has 1 aromatic heterocycles. The molecule has 6 heteroatoms. The highest BCUT2D eigenvalue weighted by molar-refractivity contribution is 5.92. The van der Waals surface area contributed by atoms with Crippen molar-refractivity contribution in [3.63, 3.8) is 0 Å². The summed E-state index contributed by atoms with van der Waals surface area (Å²) in [6.45, 7) is 7.58. The number of amides is 1. The van der Waals surface area contributed by atoms with Gasteiger partial charge in [0, 0.05) is 25.8 Å². The van der Waals surface area contributed by atoms with Crippen LogP contribution >= 0.6 is 0 Å². The Hall–Kier alpha value is -2.50. The number of hydrogen-bond acceptors (Lipinski definition) is 4. The molecule has 0 saturated heterocycles. The van der Waals surface area contributed by atoms with Gasteiger partial charge in [-0.05, 0) is 36.6 Å². The molecule has 0 N–H and O–H groups in total. The molecule has 2 aromatic rings. The summed E-state index contributed by atoms with van der Waals surface area (Å²) in [4.78, 5) is 14.7. The van der Waals surface area contributed by atoms with Crippen LogP contribution in [-0.2, 0) is 13.6 Å². The molecule has 0 radical (unpaired) electrons. The summed E-state index contributed by atoms with van der Waals surface area (Å²) in [7, 11) is 1.84. The first kappa shape index (κ1) is 16.4. The summed E-state index contributed by atoms with van der Waals surface area (Å²) in [5, 5.41) is 4.32. The SMILES string of the molecule is Cc1cc(C(=O)N(Cc2ccc3c(c2)OCO3)CC(C)C)nn1C. The molecule has 0 atom stereocenters. The maximum Gasteiger partial charge on any atom is 0.274 e. The maximum atomic E-state index is 12.9. The average Bonchev–Trinajstić information content (AvgIpc) is 3.12. The Morgan fingerprint density at radius 1 is 1.29 bits per heavy atom. The molecule has 0 saturated carbocycles. The van der Waals surface area contributed by atoms with E-state index in [0.29, 0.717) is 24.7 Å². The van der Waals surface area contributed by atoms with Crippen molar-refractivity contribution < 1.29 is 14.3 Å². The number of benzene rings is 1. The minimum Gasteiger partial charge on any atom is -0.454 e. The van der Waals surface area contributed by atoms with E-state index in [9.17, 15) is 4.79 Å². The molecule has 0 spiro atoms. The predicted molar refractivity (Wildman–Crippen MR) is 90.1 cm³/mol. The first-order chi connectivity index (χ1) is 11.4. The number of aromatic nitrogens is 2. The zero-order valence-corrected chi connectivity index (χ0v) is 14.6. The van der Waals surface area contributed by atoms with Gasteiger partial charge >= 0.3 is 0 Å². The number of hydrogen-bond donors (Lipinski definition) is 0. The summed E-state index contributed by atoms with van der Waals surface area (Å²) in [6, 6.07) is 7.63. The van der Waals surface area contributed by atoms with Gasteiger partial charge in [-0.2, -0.15) is 5.10 Å². The highest BCUT2D eigenvalue weighted by Gasteiger charge is 2.21. The summed E-state index contributed by atoms with van der Waals surface area (Å²) in [6.07, 6.45) is 0. The lowest BCUT2D eigenvalue weighted by molar-refractivity contribution is 0.0715. The number of carbonyl (C=O) groups excluding carboxylic acids is 1. The van der Waals surface area contributed by atoms with E-state index in [-0.39, 0.29) is 12.7 Å². The van der Waals surface area contributed by atoms with Crippen LogP contribution in [0.15, 0.2) is 24.3 Å². The van der Waals surface area contributed by atoms with E-state index in [1.54, 1.807) is 4.68 Å². The Morgan fingerprint density at radius 3 is 2.71 bits per heavy atom. The molecule has 6 nitrogen and oxygen atoms in total. The van der Waals surface area contributed by atoms with E-state index >= 15 is 0 Å². The second kappa shape index (κ2) is 6.55. The van der Waals surface area contributed by atoms with E-state index in [4.69, 9.17) is 9.47 Å². The molecule has 24 heavy (non-hydrogen) atoms. The van der Waals surface area contributed by atoms with E-state index in [2.05, 4.69) is 18.9 Å². The van der Waals surface area contributed by atoms with Crippen molar-refractivity contribution in [1.82, 2.24) is 14.7 Å². The van der Waals surface area contributed by atoms with Crippen LogP contribution in [0.5, 0.6) is 11.5 Å². The monoisotopic (exact) mass is 329 g/mol. The highest BCUT2D eigenvalue weighted by Crippen LogP contribution is 2.33. The minimum absolute atomic E-state index is 0.0509. The van der Waals surface area contributed by atoms with Crippen LogP contribution in [-0.4, -0.2) is 33.9 Å². The second-order valence-electron chi connectivity index (χ2n) is 6.56. The Kier molecular flexibility index (Phi) is 4.46. The molecule has 2 heterocycles. The van der Waals surface area contributed by atoms with Crippen LogP contribution in [0, 0.1) is 12.8 Å². The van der Waals surface area contributed by atoms with Crippen molar-refractivity contribution >= 4 is 5.91 Å². The number of ether oxygens (including phenoxy) is 2. The average molecular weight is 329 g/mol. The highest BCUT2D eigenvalue weighted by atomic mass is 16.7. The normalized spacial score (nSPS) is 12.7.